The van der Waals surface area contributed by atoms with Gasteiger partial charge in [0, 0.05) is 10.5 Å². The summed E-state index contributed by atoms with van der Waals surface area (Å²) in [6, 6.07) is 10.5. The molecule has 0 aliphatic heterocycles. The van der Waals surface area contributed by atoms with Gasteiger partial charge in [-0.05, 0) is 155 Å². The Bertz CT molecular complexity index is 1310. The summed E-state index contributed by atoms with van der Waals surface area (Å²) in [6.07, 6.45) is -7.08. The van der Waals surface area contributed by atoms with Crippen LogP contribution in [0.5, 0.6) is 17.2 Å². The molecule has 0 heterocycles. The number of carbonyl (C=O) groups is 2. The van der Waals surface area contributed by atoms with E-state index in [1.54, 1.807) is 24.3 Å². The first-order valence-corrected chi connectivity index (χ1v) is 16.0. The molecule has 2 aromatic rings. The van der Waals surface area contributed by atoms with Gasteiger partial charge in [0.05, 0.1) is 18.0 Å². The van der Waals surface area contributed by atoms with Crippen molar-refractivity contribution >= 4 is 79.7 Å². The van der Waals surface area contributed by atoms with E-state index in [4.69, 9.17) is 9.47 Å². The minimum atomic E-state index is -5.43. The fraction of sp³-hybridized carbons (Fsp3) is 0.500. The number of rotatable bonds is 7. The lowest BCUT2D eigenvalue weighted by molar-refractivity contribution is -0.280. The lowest BCUT2D eigenvalue weighted by Gasteiger charge is -2.59. The molecule has 6 rings (SSSR count). The molecule has 0 saturated heterocycles. The van der Waals surface area contributed by atoms with Crippen molar-refractivity contribution in [3.63, 3.8) is 0 Å². The van der Waals surface area contributed by atoms with E-state index in [0.717, 1.165) is 17.1 Å². The Labute approximate surface area is 274 Å². The third kappa shape index (κ3) is 6.45. The molecule has 222 valence electrons. The normalized spacial score (nSPS) is 27.8. The van der Waals surface area contributed by atoms with Crippen LogP contribution in [-0.2, 0) is 14.3 Å². The maximum Gasteiger partial charge on any atom is 0.431 e. The monoisotopic (exact) mass is 916 g/mol. The lowest BCUT2D eigenvalue weighted by Crippen LogP contribution is -2.60. The van der Waals surface area contributed by atoms with Crippen molar-refractivity contribution in [3.8, 4) is 17.2 Å². The minimum Gasteiger partial charge on any atom is -0.455 e. The van der Waals surface area contributed by atoms with E-state index in [2.05, 4.69) is 72.5 Å². The van der Waals surface area contributed by atoms with Crippen LogP contribution >= 0.6 is 67.8 Å². The van der Waals surface area contributed by atoms with Gasteiger partial charge in [-0.15, -0.1) is 0 Å². The topological polar surface area (TPSA) is 61.8 Å². The Hall–Kier alpha value is -0.980. The van der Waals surface area contributed by atoms with Crippen LogP contribution in [0.25, 0.3) is 0 Å². The Morgan fingerprint density at radius 3 is 1.83 bits per heavy atom. The second-order valence-corrected chi connectivity index (χ2v) is 15.0. The highest BCUT2D eigenvalue weighted by atomic mass is 127. The SMILES string of the molecule is CC(F)(F)C(OC(=O)C12CC3CC(CC(C(=O)Oc4ccc(Oc5c(I)cc(I)cc5I)cc4)(C3)C1)C2)C(F)(F)F. The van der Waals surface area contributed by atoms with E-state index in [1.807, 2.05) is 12.1 Å². The van der Waals surface area contributed by atoms with Gasteiger partial charge in [-0.2, -0.15) is 13.2 Å². The van der Waals surface area contributed by atoms with Crippen molar-refractivity contribution in [2.24, 2.45) is 22.7 Å². The second-order valence-electron chi connectivity index (χ2n) is 11.5. The zero-order valence-electron chi connectivity index (χ0n) is 21.5. The summed E-state index contributed by atoms with van der Waals surface area (Å²) in [5.41, 5.74) is -2.54. The standard InChI is InChI=1S/C28H24F5I3O5/c1-25(29,30)22(28(31,32)33)41-24(38)27-11-14-6-15(12-27)10-26(9-14,13-27)23(37)40-18-4-2-17(3-5-18)39-21-19(35)7-16(34)8-20(21)36/h2-5,7-8,14-15,22H,6,9-13H2,1H3. The molecular formula is C28H24F5I3O5. The van der Waals surface area contributed by atoms with Crippen molar-refractivity contribution in [2.75, 3.05) is 0 Å². The van der Waals surface area contributed by atoms with Gasteiger partial charge in [-0.25, -0.2) is 8.78 Å². The fourth-order valence-electron chi connectivity index (χ4n) is 6.97. The first kappa shape index (κ1) is 31.4. The molecule has 4 saturated carbocycles. The summed E-state index contributed by atoms with van der Waals surface area (Å²) in [4.78, 5) is 26.7. The van der Waals surface area contributed by atoms with Gasteiger partial charge in [0.2, 0.25) is 0 Å². The quantitative estimate of drug-likeness (QED) is 0.120. The summed E-state index contributed by atoms with van der Waals surface area (Å²) in [5, 5.41) is 0. The Balaban J connectivity index is 1.32. The number of halogens is 8. The molecule has 0 radical (unpaired) electrons. The van der Waals surface area contributed by atoms with Crippen molar-refractivity contribution < 1.29 is 45.8 Å². The number of esters is 2. The largest absolute Gasteiger partial charge is 0.455 e. The second kappa shape index (κ2) is 11.2. The van der Waals surface area contributed by atoms with E-state index in [9.17, 15) is 31.5 Å². The molecule has 4 fully saturated rings. The third-order valence-electron chi connectivity index (χ3n) is 8.13. The molecule has 4 bridgehead atoms. The smallest absolute Gasteiger partial charge is 0.431 e. The van der Waals surface area contributed by atoms with Crippen LogP contribution in [0.2, 0.25) is 0 Å². The Morgan fingerprint density at radius 1 is 0.854 bits per heavy atom. The number of alkyl halides is 5. The average molecular weight is 916 g/mol. The molecule has 5 nitrogen and oxygen atoms in total. The van der Waals surface area contributed by atoms with Crippen molar-refractivity contribution in [3.05, 3.63) is 47.1 Å². The molecule has 0 spiro atoms. The van der Waals surface area contributed by atoms with Crippen LogP contribution in [0.3, 0.4) is 0 Å². The van der Waals surface area contributed by atoms with Crippen LogP contribution in [0.1, 0.15) is 45.4 Å². The number of hydrogen-bond donors (Lipinski definition) is 0. The first-order chi connectivity index (χ1) is 19.0. The molecule has 2 aromatic carbocycles. The lowest BCUT2D eigenvalue weighted by atomic mass is 9.44. The van der Waals surface area contributed by atoms with Crippen LogP contribution in [0.4, 0.5) is 22.0 Å². The van der Waals surface area contributed by atoms with Gasteiger partial charge in [0.25, 0.3) is 12.0 Å². The summed E-state index contributed by atoms with van der Waals surface area (Å²) < 4.78 is 86.9. The first-order valence-electron chi connectivity index (χ1n) is 12.8. The van der Waals surface area contributed by atoms with Crippen LogP contribution in [0.15, 0.2) is 36.4 Å². The van der Waals surface area contributed by atoms with E-state index >= 15 is 0 Å². The van der Waals surface area contributed by atoms with E-state index < -0.39 is 41.0 Å². The molecule has 0 N–H and O–H groups in total. The summed E-state index contributed by atoms with van der Waals surface area (Å²) in [6.45, 7) is 0.0787. The maximum absolute atomic E-state index is 13.8. The minimum absolute atomic E-state index is 0.0787. The molecule has 4 aliphatic rings. The van der Waals surface area contributed by atoms with Crippen molar-refractivity contribution in [1.82, 2.24) is 0 Å². The van der Waals surface area contributed by atoms with Gasteiger partial charge in [0.1, 0.15) is 11.5 Å². The molecule has 3 atom stereocenters. The van der Waals surface area contributed by atoms with E-state index in [1.165, 1.54) is 0 Å². The van der Waals surface area contributed by atoms with Gasteiger partial charge < -0.3 is 14.2 Å². The molecule has 0 amide bonds. The Morgan fingerprint density at radius 2 is 1.34 bits per heavy atom. The van der Waals surface area contributed by atoms with Gasteiger partial charge in [0.15, 0.2) is 5.75 Å². The van der Waals surface area contributed by atoms with Gasteiger partial charge >= 0.3 is 18.1 Å². The molecule has 3 unspecified atom stereocenters. The highest BCUT2D eigenvalue weighted by molar-refractivity contribution is 14.1. The number of ether oxygens (including phenoxy) is 3. The Kier molecular flexibility index (Phi) is 8.58. The zero-order valence-corrected chi connectivity index (χ0v) is 28.0. The number of benzene rings is 2. The summed E-state index contributed by atoms with van der Waals surface area (Å²) in [7, 11) is 0. The van der Waals surface area contributed by atoms with E-state index in [0.29, 0.717) is 24.3 Å². The van der Waals surface area contributed by atoms with Crippen molar-refractivity contribution in [2.45, 2.75) is 63.7 Å². The molecule has 4 aliphatic carbocycles. The van der Waals surface area contributed by atoms with Gasteiger partial charge in [-0.1, -0.05) is 0 Å². The summed E-state index contributed by atoms with van der Waals surface area (Å²) >= 11 is 6.61. The molecular weight excluding hydrogens is 892 g/mol. The zero-order chi connectivity index (χ0) is 30.0. The highest BCUT2D eigenvalue weighted by Gasteiger charge is 2.66. The third-order valence-corrected chi connectivity index (χ3v) is 10.4. The molecule has 41 heavy (non-hydrogen) atoms. The van der Waals surface area contributed by atoms with Gasteiger partial charge in [-0.3, -0.25) is 9.59 Å². The molecule has 0 aromatic heterocycles. The van der Waals surface area contributed by atoms with Crippen LogP contribution in [0, 0.1) is 33.4 Å². The van der Waals surface area contributed by atoms with Crippen LogP contribution in [-0.4, -0.2) is 30.1 Å². The predicted octanol–water partition coefficient (Wildman–Crippen LogP) is 8.91. The number of hydrogen-bond acceptors (Lipinski definition) is 5. The molecule has 13 heteroatoms. The van der Waals surface area contributed by atoms with Crippen LogP contribution < -0.4 is 9.47 Å². The van der Waals surface area contributed by atoms with Crippen molar-refractivity contribution in [1.29, 1.82) is 0 Å². The maximum atomic E-state index is 13.8. The average Bonchev–Trinajstić information content (AvgIpc) is 2.83. The van der Waals surface area contributed by atoms with E-state index in [-0.39, 0.29) is 43.8 Å². The fourth-order valence-corrected chi connectivity index (χ4v) is 10.8. The number of carbonyl (C=O) groups excluding carboxylic acids is 2. The highest BCUT2D eigenvalue weighted by Crippen LogP contribution is 2.66. The summed E-state index contributed by atoms with van der Waals surface area (Å²) in [5.74, 6) is -4.93. The predicted molar refractivity (Wildman–Crippen MR) is 163 cm³/mol.